The van der Waals surface area contributed by atoms with Crippen LogP contribution in [0.3, 0.4) is 0 Å². The van der Waals surface area contributed by atoms with Crippen LogP contribution < -0.4 is 0 Å². The van der Waals surface area contributed by atoms with Crippen LogP contribution in [-0.2, 0) is 19.0 Å². The van der Waals surface area contributed by atoms with Crippen molar-refractivity contribution in [2.75, 3.05) is 20.5 Å². The fourth-order valence-electron chi connectivity index (χ4n) is 3.32. The highest BCUT2D eigenvalue weighted by atomic mass is 16.7. The fourth-order valence-corrected chi connectivity index (χ4v) is 3.32. The first kappa shape index (κ1) is 15.4. The van der Waals surface area contributed by atoms with Crippen molar-refractivity contribution in [3.05, 3.63) is 35.9 Å². The molecule has 2 aliphatic rings. The molecule has 5 atom stereocenters. The first-order chi connectivity index (χ1) is 10.6. The molecule has 2 heterocycles. The van der Waals surface area contributed by atoms with Crippen molar-refractivity contribution >= 4 is 5.91 Å². The number of methoxy groups -OCH3 is 1. The molecule has 1 amide bonds. The van der Waals surface area contributed by atoms with Gasteiger partial charge in [0.15, 0.2) is 6.23 Å². The van der Waals surface area contributed by atoms with Crippen molar-refractivity contribution in [3.8, 4) is 0 Å². The Kier molecular flexibility index (Phi) is 4.44. The fraction of sp³-hybridized carbons (Fsp3) is 0.562. The second kappa shape index (κ2) is 6.34. The van der Waals surface area contributed by atoms with E-state index in [4.69, 9.17) is 14.2 Å². The van der Waals surface area contributed by atoms with Crippen LogP contribution >= 0.6 is 0 Å². The molecule has 1 aromatic carbocycles. The number of carbonyl (C=O) groups excluding carboxylic acids is 1. The van der Waals surface area contributed by atoms with Gasteiger partial charge >= 0.3 is 0 Å². The van der Waals surface area contributed by atoms with Crippen LogP contribution in [0.5, 0.6) is 0 Å². The molecule has 2 saturated heterocycles. The van der Waals surface area contributed by atoms with Gasteiger partial charge in [-0.25, -0.2) is 0 Å². The van der Waals surface area contributed by atoms with Crippen molar-refractivity contribution < 1.29 is 24.1 Å². The average Bonchev–Trinajstić information content (AvgIpc) is 3.03. The number of ether oxygens (including phenoxy) is 3. The molecule has 0 radical (unpaired) electrons. The lowest BCUT2D eigenvalue weighted by molar-refractivity contribution is -0.201. The van der Waals surface area contributed by atoms with E-state index in [1.54, 1.807) is 18.9 Å². The lowest BCUT2D eigenvalue weighted by Gasteiger charge is -2.52. The summed E-state index contributed by atoms with van der Waals surface area (Å²) in [7, 11) is 1.56. The van der Waals surface area contributed by atoms with Crippen LogP contribution in [0.25, 0.3) is 0 Å². The zero-order valence-electron chi connectivity index (χ0n) is 12.7. The molecule has 5 unspecified atom stereocenters. The molecular weight excluding hydrogens is 286 g/mol. The number of hydrogen-bond acceptors (Lipinski definition) is 5. The van der Waals surface area contributed by atoms with E-state index < -0.39 is 12.3 Å². The number of rotatable bonds is 5. The highest BCUT2D eigenvalue weighted by molar-refractivity contribution is 5.87. The van der Waals surface area contributed by atoms with E-state index in [2.05, 4.69) is 0 Å². The lowest BCUT2D eigenvalue weighted by Crippen LogP contribution is -2.69. The summed E-state index contributed by atoms with van der Waals surface area (Å²) in [6.45, 7) is 2.27. The van der Waals surface area contributed by atoms with Gasteiger partial charge in [0.05, 0.1) is 30.8 Å². The predicted molar refractivity (Wildman–Crippen MR) is 77.7 cm³/mol. The monoisotopic (exact) mass is 307 g/mol. The number of amides is 1. The van der Waals surface area contributed by atoms with Gasteiger partial charge in [-0.3, -0.25) is 4.79 Å². The molecular formula is C16H21NO5. The first-order valence-electron chi connectivity index (χ1n) is 7.42. The van der Waals surface area contributed by atoms with Gasteiger partial charge in [-0.15, -0.1) is 0 Å². The van der Waals surface area contributed by atoms with Crippen LogP contribution in [0.1, 0.15) is 18.7 Å². The van der Waals surface area contributed by atoms with E-state index in [9.17, 15) is 9.90 Å². The quantitative estimate of drug-likeness (QED) is 0.819. The second-order valence-corrected chi connectivity index (χ2v) is 5.69. The van der Waals surface area contributed by atoms with E-state index in [1.165, 1.54) is 0 Å². The molecule has 0 spiro atoms. The number of nitrogens with zero attached hydrogens (tertiary/aromatic N) is 1. The van der Waals surface area contributed by atoms with Gasteiger partial charge in [0.1, 0.15) is 6.79 Å². The number of likely N-dealkylation sites (tertiary alicyclic amines) is 1. The summed E-state index contributed by atoms with van der Waals surface area (Å²) in [5, 5.41) is 10.1. The average molecular weight is 307 g/mol. The maximum absolute atomic E-state index is 12.6. The topological polar surface area (TPSA) is 68.2 Å². The van der Waals surface area contributed by atoms with Crippen LogP contribution in [0.4, 0.5) is 0 Å². The Morgan fingerprint density at radius 2 is 2.09 bits per heavy atom. The van der Waals surface area contributed by atoms with Gasteiger partial charge in [-0.1, -0.05) is 30.3 Å². The predicted octanol–water partition coefficient (Wildman–Crippen LogP) is 0.912. The minimum Gasteiger partial charge on any atom is -0.391 e. The van der Waals surface area contributed by atoms with E-state index in [0.29, 0.717) is 6.61 Å². The molecule has 3 rings (SSSR count). The molecule has 0 aromatic heterocycles. The lowest BCUT2D eigenvalue weighted by atomic mass is 9.79. The minimum atomic E-state index is -0.673. The van der Waals surface area contributed by atoms with Gasteiger partial charge in [-0.05, 0) is 6.92 Å². The van der Waals surface area contributed by atoms with Crippen molar-refractivity contribution in [2.24, 2.45) is 5.92 Å². The van der Waals surface area contributed by atoms with Crippen LogP contribution in [-0.4, -0.2) is 54.7 Å². The normalized spacial score (nSPS) is 31.0. The first-order valence-corrected chi connectivity index (χ1v) is 7.42. The molecule has 22 heavy (non-hydrogen) atoms. The molecule has 6 nitrogen and oxygen atoms in total. The van der Waals surface area contributed by atoms with Crippen LogP contribution in [0.2, 0.25) is 0 Å². The Hall–Kier alpha value is -1.47. The minimum absolute atomic E-state index is 0.0721. The van der Waals surface area contributed by atoms with Gasteiger partial charge < -0.3 is 24.2 Å². The maximum atomic E-state index is 12.6. The Bertz CT molecular complexity index is 515. The van der Waals surface area contributed by atoms with Gasteiger partial charge in [0, 0.05) is 12.7 Å². The number of aliphatic hydroxyl groups excluding tert-OH is 1. The Morgan fingerprint density at radius 3 is 2.64 bits per heavy atom. The third-order valence-corrected chi connectivity index (χ3v) is 4.33. The van der Waals surface area contributed by atoms with Gasteiger partial charge in [0.25, 0.3) is 0 Å². The number of carbonyl (C=O) groups is 1. The zero-order chi connectivity index (χ0) is 15.7. The zero-order valence-corrected chi connectivity index (χ0v) is 12.7. The summed E-state index contributed by atoms with van der Waals surface area (Å²) in [6, 6.07) is 9.17. The molecule has 6 heteroatoms. The smallest absolute Gasteiger partial charge is 0.233 e. The SMILES string of the molecule is COC(c1ccccc1)N1C(=O)C(C2COCO2)C1C(C)O. The number of hydrogen-bond donors (Lipinski definition) is 1. The van der Waals surface area contributed by atoms with Crippen molar-refractivity contribution in [1.82, 2.24) is 4.90 Å². The van der Waals surface area contributed by atoms with Crippen LogP contribution in [0, 0.1) is 5.92 Å². The Labute approximate surface area is 129 Å². The molecule has 0 saturated carbocycles. The Morgan fingerprint density at radius 1 is 1.36 bits per heavy atom. The molecule has 1 N–H and O–H groups in total. The second-order valence-electron chi connectivity index (χ2n) is 5.69. The molecule has 1 aromatic rings. The number of aliphatic hydroxyl groups is 1. The van der Waals surface area contributed by atoms with Crippen LogP contribution in [0.15, 0.2) is 30.3 Å². The molecule has 2 aliphatic heterocycles. The standard InChI is InChI=1S/C16H21NO5/c1-10(18)14-13(12-8-21-9-22-12)15(19)17(14)16(20-2)11-6-4-3-5-7-11/h3-7,10,12-14,16,18H,8-9H2,1-2H3. The summed E-state index contributed by atoms with van der Waals surface area (Å²) in [5.41, 5.74) is 0.881. The Balaban J connectivity index is 1.84. The summed E-state index contributed by atoms with van der Waals surface area (Å²) in [5.74, 6) is -0.457. The third-order valence-electron chi connectivity index (χ3n) is 4.33. The highest BCUT2D eigenvalue weighted by Gasteiger charge is 2.57. The van der Waals surface area contributed by atoms with Crippen molar-refractivity contribution in [1.29, 1.82) is 0 Å². The molecule has 120 valence electrons. The summed E-state index contributed by atoms with van der Waals surface area (Å²) in [6.07, 6.45) is -1.48. The van der Waals surface area contributed by atoms with E-state index >= 15 is 0 Å². The largest absolute Gasteiger partial charge is 0.391 e. The van der Waals surface area contributed by atoms with Gasteiger partial charge in [0.2, 0.25) is 5.91 Å². The van der Waals surface area contributed by atoms with Gasteiger partial charge in [-0.2, -0.15) is 0 Å². The molecule has 2 fully saturated rings. The summed E-state index contributed by atoms with van der Waals surface area (Å²) in [4.78, 5) is 14.2. The van der Waals surface area contributed by atoms with Crippen molar-refractivity contribution in [3.63, 3.8) is 0 Å². The third kappa shape index (κ3) is 2.52. The van der Waals surface area contributed by atoms with E-state index in [1.807, 2.05) is 30.3 Å². The highest BCUT2D eigenvalue weighted by Crippen LogP contribution is 2.41. The summed E-state index contributed by atoms with van der Waals surface area (Å²) < 4.78 is 16.2. The molecule has 0 bridgehead atoms. The van der Waals surface area contributed by atoms with E-state index in [-0.39, 0.29) is 30.8 Å². The maximum Gasteiger partial charge on any atom is 0.233 e. The van der Waals surface area contributed by atoms with E-state index in [0.717, 1.165) is 5.56 Å². The van der Waals surface area contributed by atoms with Crippen molar-refractivity contribution in [2.45, 2.75) is 31.4 Å². The number of β-lactam (4-membered cyclic amide) rings is 1. The number of benzene rings is 1. The summed E-state index contributed by atoms with van der Waals surface area (Å²) >= 11 is 0. The molecule has 0 aliphatic carbocycles.